The van der Waals surface area contributed by atoms with E-state index < -0.39 is 0 Å². The Morgan fingerprint density at radius 2 is 2.29 bits per heavy atom. The molecule has 3 unspecified atom stereocenters. The molecule has 2 N–H and O–H groups in total. The van der Waals surface area contributed by atoms with Gasteiger partial charge in [-0.1, -0.05) is 6.92 Å². The highest BCUT2D eigenvalue weighted by molar-refractivity contribution is 5.95. The van der Waals surface area contributed by atoms with Crippen molar-refractivity contribution in [1.82, 2.24) is 10.6 Å². The largest absolute Gasteiger partial charge is 0.469 e. The highest BCUT2D eigenvalue weighted by atomic mass is 16.3. The first-order valence-electron chi connectivity index (χ1n) is 6.18. The fourth-order valence-electron chi connectivity index (χ4n) is 2.45. The van der Waals surface area contributed by atoms with E-state index in [9.17, 15) is 4.79 Å². The molecule has 1 aliphatic rings. The summed E-state index contributed by atoms with van der Waals surface area (Å²) in [4.78, 5) is 12.1. The normalized spacial score (nSPS) is 29.0. The Morgan fingerprint density at radius 3 is 2.88 bits per heavy atom. The molecule has 2 rings (SSSR count). The molecule has 0 saturated carbocycles. The second-order valence-electron chi connectivity index (χ2n) is 4.90. The van der Waals surface area contributed by atoms with E-state index in [-0.39, 0.29) is 11.9 Å². The highest BCUT2D eigenvalue weighted by Crippen LogP contribution is 2.17. The van der Waals surface area contributed by atoms with Crippen molar-refractivity contribution in [3.63, 3.8) is 0 Å². The van der Waals surface area contributed by atoms with E-state index in [2.05, 4.69) is 24.5 Å². The maximum Gasteiger partial charge on any atom is 0.255 e. The molecule has 94 valence electrons. The maximum absolute atomic E-state index is 12.1. The van der Waals surface area contributed by atoms with Crippen molar-refractivity contribution in [3.05, 3.63) is 23.7 Å². The van der Waals surface area contributed by atoms with Gasteiger partial charge in [0.2, 0.25) is 0 Å². The Morgan fingerprint density at radius 1 is 1.53 bits per heavy atom. The maximum atomic E-state index is 12.1. The number of carbonyl (C=O) groups excluding carboxylic acids is 1. The first kappa shape index (κ1) is 12.2. The lowest BCUT2D eigenvalue weighted by Crippen LogP contribution is -2.55. The minimum atomic E-state index is -0.0383. The van der Waals surface area contributed by atoms with Gasteiger partial charge in [-0.25, -0.2) is 0 Å². The second kappa shape index (κ2) is 4.92. The van der Waals surface area contributed by atoms with E-state index >= 15 is 0 Å². The summed E-state index contributed by atoms with van der Waals surface area (Å²) in [6.45, 7) is 7.13. The predicted octanol–water partition coefficient (Wildman–Crippen LogP) is 1.70. The topological polar surface area (TPSA) is 54.3 Å². The average molecular weight is 236 g/mol. The predicted molar refractivity (Wildman–Crippen MR) is 65.9 cm³/mol. The first-order valence-corrected chi connectivity index (χ1v) is 6.18. The van der Waals surface area contributed by atoms with Gasteiger partial charge in [0, 0.05) is 12.1 Å². The van der Waals surface area contributed by atoms with Crippen molar-refractivity contribution in [2.24, 2.45) is 5.92 Å². The third-order valence-electron chi connectivity index (χ3n) is 3.62. The first-order chi connectivity index (χ1) is 8.09. The third kappa shape index (κ3) is 2.52. The van der Waals surface area contributed by atoms with Gasteiger partial charge in [0.15, 0.2) is 0 Å². The summed E-state index contributed by atoms with van der Waals surface area (Å²) in [6.07, 6.45) is 2.65. The molecule has 1 aromatic heterocycles. The van der Waals surface area contributed by atoms with Crippen LogP contribution in [0.2, 0.25) is 0 Å². The molecule has 1 saturated heterocycles. The van der Waals surface area contributed by atoms with Crippen LogP contribution in [0.4, 0.5) is 0 Å². The van der Waals surface area contributed by atoms with Crippen molar-refractivity contribution in [2.75, 3.05) is 6.54 Å². The van der Waals surface area contributed by atoms with Gasteiger partial charge in [0.25, 0.3) is 5.91 Å². The van der Waals surface area contributed by atoms with Crippen LogP contribution in [0.1, 0.15) is 36.4 Å². The quantitative estimate of drug-likeness (QED) is 0.822. The van der Waals surface area contributed by atoms with Gasteiger partial charge < -0.3 is 15.1 Å². The van der Waals surface area contributed by atoms with E-state index in [4.69, 9.17) is 4.42 Å². The molecule has 0 aromatic carbocycles. The average Bonchev–Trinajstić information content (AvgIpc) is 2.70. The van der Waals surface area contributed by atoms with Gasteiger partial charge in [0.1, 0.15) is 5.76 Å². The summed E-state index contributed by atoms with van der Waals surface area (Å²) >= 11 is 0. The summed E-state index contributed by atoms with van der Waals surface area (Å²) in [5.41, 5.74) is 0.634. The summed E-state index contributed by atoms with van der Waals surface area (Å²) in [7, 11) is 0. The van der Waals surface area contributed by atoms with Crippen LogP contribution < -0.4 is 10.6 Å². The summed E-state index contributed by atoms with van der Waals surface area (Å²) in [5, 5.41) is 6.49. The van der Waals surface area contributed by atoms with Crippen molar-refractivity contribution in [1.29, 1.82) is 0 Å². The SMILES string of the molecule is Cc1occc1C(=O)NC1C(C)CCNC1C. The molecule has 1 aromatic rings. The number of carbonyl (C=O) groups is 1. The molecule has 0 spiro atoms. The molecule has 3 atom stereocenters. The zero-order valence-corrected chi connectivity index (χ0v) is 10.6. The zero-order valence-electron chi connectivity index (χ0n) is 10.6. The van der Waals surface area contributed by atoms with Gasteiger partial charge in [0.05, 0.1) is 11.8 Å². The number of furan rings is 1. The molecule has 4 nitrogen and oxygen atoms in total. The standard InChI is InChI=1S/C13H20N2O2/c1-8-4-6-14-9(2)12(8)15-13(16)11-5-7-17-10(11)3/h5,7-9,12,14H,4,6H2,1-3H3,(H,15,16). The van der Waals surface area contributed by atoms with E-state index in [1.807, 2.05) is 0 Å². The summed E-state index contributed by atoms with van der Waals surface area (Å²) < 4.78 is 5.15. The van der Waals surface area contributed by atoms with E-state index in [0.717, 1.165) is 13.0 Å². The van der Waals surface area contributed by atoms with Crippen LogP contribution in [-0.4, -0.2) is 24.5 Å². The molecular formula is C13H20N2O2. The molecule has 4 heteroatoms. The molecule has 1 amide bonds. The van der Waals surface area contributed by atoms with E-state index in [1.165, 1.54) is 0 Å². The Hall–Kier alpha value is -1.29. The number of rotatable bonds is 2. The lowest BCUT2D eigenvalue weighted by Gasteiger charge is -2.35. The molecule has 0 aliphatic carbocycles. The number of hydrogen-bond acceptors (Lipinski definition) is 3. The number of piperidine rings is 1. The molecule has 0 bridgehead atoms. The van der Waals surface area contributed by atoms with Crippen LogP contribution in [-0.2, 0) is 0 Å². The Balaban J connectivity index is 2.05. The summed E-state index contributed by atoms with van der Waals surface area (Å²) in [6, 6.07) is 2.22. The lowest BCUT2D eigenvalue weighted by molar-refractivity contribution is 0.0896. The van der Waals surface area contributed by atoms with Gasteiger partial charge >= 0.3 is 0 Å². The van der Waals surface area contributed by atoms with Crippen molar-refractivity contribution < 1.29 is 9.21 Å². The van der Waals surface area contributed by atoms with Crippen molar-refractivity contribution in [3.8, 4) is 0 Å². The van der Waals surface area contributed by atoms with Gasteiger partial charge in [-0.15, -0.1) is 0 Å². The molecule has 1 fully saturated rings. The van der Waals surface area contributed by atoms with Crippen LogP contribution >= 0.6 is 0 Å². The smallest absolute Gasteiger partial charge is 0.255 e. The number of hydrogen-bond donors (Lipinski definition) is 2. The van der Waals surface area contributed by atoms with Crippen LogP contribution in [0.15, 0.2) is 16.7 Å². The highest BCUT2D eigenvalue weighted by Gasteiger charge is 2.29. The Kier molecular flexibility index (Phi) is 3.52. The van der Waals surface area contributed by atoms with Crippen LogP contribution in [0.3, 0.4) is 0 Å². The van der Waals surface area contributed by atoms with Gasteiger partial charge in [-0.3, -0.25) is 4.79 Å². The lowest BCUT2D eigenvalue weighted by atomic mass is 9.89. The monoisotopic (exact) mass is 236 g/mol. The van der Waals surface area contributed by atoms with Gasteiger partial charge in [-0.2, -0.15) is 0 Å². The zero-order chi connectivity index (χ0) is 12.4. The summed E-state index contributed by atoms with van der Waals surface area (Å²) in [5.74, 6) is 1.14. The minimum Gasteiger partial charge on any atom is -0.469 e. The second-order valence-corrected chi connectivity index (χ2v) is 4.90. The molecule has 0 radical (unpaired) electrons. The fourth-order valence-corrected chi connectivity index (χ4v) is 2.45. The number of aryl methyl sites for hydroxylation is 1. The molecule has 1 aliphatic heterocycles. The van der Waals surface area contributed by atoms with Crippen LogP contribution in [0.25, 0.3) is 0 Å². The Labute approximate surface area is 102 Å². The third-order valence-corrected chi connectivity index (χ3v) is 3.62. The molecule has 17 heavy (non-hydrogen) atoms. The Bertz CT molecular complexity index is 390. The fraction of sp³-hybridized carbons (Fsp3) is 0.615. The van der Waals surface area contributed by atoms with Crippen LogP contribution in [0.5, 0.6) is 0 Å². The minimum absolute atomic E-state index is 0.0383. The van der Waals surface area contributed by atoms with Crippen LogP contribution in [0, 0.1) is 12.8 Å². The van der Waals surface area contributed by atoms with E-state index in [1.54, 1.807) is 19.3 Å². The molecular weight excluding hydrogens is 216 g/mol. The molecule has 2 heterocycles. The number of nitrogens with one attached hydrogen (secondary N) is 2. The number of amides is 1. The van der Waals surface area contributed by atoms with Crippen molar-refractivity contribution in [2.45, 2.75) is 39.3 Å². The van der Waals surface area contributed by atoms with Crippen molar-refractivity contribution >= 4 is 5.91 Å². The van der Waals surface area contributed by atoms with Gasteiger partial charge in [-0.05, 0) is 38.8 Å². The van der Waals surface area contributed by atoms with E-state index in [0.29, 0.717) is 23.3 Å².